The first-order valence-corrected chi connectivity index (χ1v) is 14.2. The number of nitrogens with zero attached hydrogens (tertiary/aromatic N) is 1. The maximum atomic E-state index is 13.0. The number of aliphatic hydroxyl groups excluding tert-OH is 1. The topological polar surface area (TPSA) is 102 Å². The van der Waals surface area contributed by atoms with Crippen molar-refractivity contribution in [3.63, 3.8) is 0 Å². The van der Waals surface area contributed by atoms with Gasteiger partial charge in [-0.25, -0.2) is 0 Å². The Labute approximate surface area is 184 Å². The first kappa shape index (κ1) is 22.7. The molecule has 2 aromatic rings. The lowest BCUT2D eigenvalue weighted by Crippen LogP contribution is -2.52. The van der Waals surface area contributed by atoms with Crippen molar-refractivity contribution in [2.24, 2.45) is 0 Å². The highest BCUT2D eigenvalue weighted by Crippen LogP contribution is 2.34. The molecular formula is C24H29N3O3Si. The highest BCUT2D eigenvalue weighted by atomic mass is 28.3. The van der Waals surface area contributed by atoms with E-state index in [0.29, 0.717) is 24.4 Å². The highest BCUT2D eigenvalue weighted by Gasteiger charge is 2.46. The van der Waals surface area contributed by atoms with Crippen molar-refractivity contribution in [2.45, 2.75) is 56.7 Å². The van der Waals surface area contributed by atoms with Crippen LogP contribution in [0.3, 0.4) is 0 Å². The molecule has 6 nitrogen and oxygen atoms in total. The van der Waals surface area contributed by atoms with E-state index in [0.717, 1.165) is 16.7 Å². The number of amides is 2. The molecule has 1 saturated carbocycles. The Hall–Kier alpha value is -2.95. The van der Waals surface area contributed by atoms with Crippen molar-refractivity contribution in [3.8, 4) is 17.2 Å². The predicted octanol–water partition coefficient (Wildman–Crippen LogP) is 3.45. The molecule has 7 heteroatoms. The van der Waals surface area contributed by atoms with Crippen molar-refractivity contribution < 1.29 is 14.7 Å². The number of hydrogen-bond acceptors (Lipinski definition) is 4. The van der Waals surface area contributed by atoms with Gasteiger partial charge >= 0.3 is 0 Å². The van der Waals surface area contributed by atoms with Crippen LogP contribution in [0.4, 0.5) is 0 Å². The lowest BCUT2D eigenvalue weighted by Gasteiger charge is -2.26. The number of benzene rings is 2. The van der Waals surface area contributed by atoms with Crippen molar-refractivity contribution in [1.82, 2.24) is 10.6 Å². The van der Waals surface area contributed by atoms with Gasteiger partial charge in [0.2, 0.25) is 5.91 Å². The van der Waals surface area contributed by atoms with Crippen molar-refractivity contribution in [1.29, 1.82) is 5.26 Å². The van der Waals surface area contributed by atoms with Crippen molar-refractivity contribution >= 4 is 19.9 Å². The Kier molecular flexibility index (Phi) is 6.63. The average molecular weight is 436 g/mol. The van der Waals surface area contributed by atoms with Crippen LogP contribution in [-0.2, 0) is 11.4 Å². The van der Waals surface area contributed by atoms with E-state index in [1.54, 1.807) is 12.1 Å². The Bertz CT molecular complexity index is 1000. The van der Waals surface area contributed by atoms with Gasteiger partial charge in [0, 0.05) is 13.6 Å². The zero-order valence-corrected chi connectivity index (χ0v) is 19.2. The first-order chi connectivity index (χ1) is 14.6. The summed E-state index contributed by atoms with van der Waals surface area (Å²) in [4.78, 5) is 25.9. The van der Waals surface area contributed by atoms with Gasteiger partial charge in [0.15, 0.2) is 0 Å². The Morgan fingerprint density at radius 3 is 2.35 bits per heavy atom. The van der Waals surface area contributed by atoms with Gasteiger partial charge < -0.3 is 15.7 Å². The van der Waals surface area contributed by atoms with Crippen LogP contribution in [0.5, 0.6) is 0 Å². The SMILES string of the molecule is C[Si](C)(C)CC(NC(=O)c1cccc(-c2ccc(CO)cc2)c1)C(=O)NC1(C#N)CC1. The van der Waals surface area contributed by atoms with E-state index in [4.69, 9.17) is 0 Å². The number of aliphatic hydroxyl groups is 1. The van der Waals surface area contributed by atoms with Crippen LogP contribution >= 0.6 is 0 Å². The smallest absolute Gasteiger partial charge is 0.251 e. The minimum Gasteiger partial charge on any atom is -0.392 e. The molecule has 1 aliphatic carbocycles. The van der Waals surface area contributed by atoms with Crippen molar-refractivity contribution in [2.75, 3.05) is 0 Å². The van der Waals surface area contributed by atoms with E-state index in [1.807, 2.05) is 36.4 Å². The first-order valence-electron chi connectivity index (χ1n) is 10.5. The molecule has 0 spiro atoms. The third kappa shape index (κ3) is 6.03. The summed E-state index contributed by atoms with van der Waals surface area (Å²) in [6.07, 6.45) is 1.31. The minimum atomic E-state index is -1.67. The summed E-state index contributed by atoms with van der Waals surface area (Å²) in [5.41, 5.74) is 2.35. The minimum absolute atomic E-state index is 0.0175. The molecule has 2 aromatic carbocycles. The van der Waals surface area contributed by atoms with Gasteiger partial charge in [0.05, 0.1) is 12.7 Å². The standard InChI is InChI=1S/C24H29N3O3Si/c1-31(2,3)15-21(23(30)27-24(16-25)11-12-24)26-22(29)20-6-4-5-19(13-20)18-9-7-17(14-28)8-10-18/h4-10,13,21,28H,11-12,14-15H2,1-3H3,(H,26,29)(H,27,30). The van der Waals surface area contributed by atoms with Gasteiger partial charge in [-0.3, -0.25) is 9.59 Å². The van der Waals surface area contributed by atoms with Crippen LogP contribution in [0.2, 0.25) is 25.7 Å². The second-order valence-corrected chi connectivity index (χ2v) is 14.9. The fourth-order valence-corrected chi connectivity index (χ4v) is 4.93. The molecule has 2 amide bonds. The van der Waals surface area contributed by atoms with Gasteiger partial charge in [-0.05, 0) is 47.7 Å². The maximum absolute atomic E-state index is 13.0. The summed E-state index contributed by atoms with van der Waals surface area (Å²) in [5.74, 6) is -0.598. The van der Waals surface area contributed by atoms with E-state index in [9.17, 15) is 20.0 Å². The van der Waals surface area contributed by atoms with Crippen LogP contribution in [-0.4, -0.2) is 36.6 Å². The summed E-state index contributed by atoms with van der Waals surface area (Å²) >= 11 is 0. The van der Waals surface area contributed by atoms with Gasteiger partial charge in [-0.15, -0.1) is 0 Å². The fraction of sp³-hybridized carbons (Fsp3) is 0.375. The second-order valence-electron chi connectivity index (χ2n) is 9.41. The van der Waals surface area contributed by atoms with Crippen LogP contribution in [0.1, 0.15) is 28.8 Å². The summed E-state index contributed by atoms with van der Waals surface area (Å²) < 4.78 is 0. The third-order valence-corrected chi connectivity index (χ3v) is 6.99. The molecule has 162 valence electrons. The Balaban J connectivity index is 1.77. The van der Waals surface area contributed by atoms with Crippen LogP contribution in [0.15, 0.2) is 48.5 Å². The Morgan fingerprint density at radius 2 is 1.81 bits per heavy atom. The number of hydrogen-bond donors (Lipinski definition) is 3. The molecule has 1 aliphatic rings. The molecule has 0 aliphatic heterocycles. The lowest BCUT2D eigenvalue weighted by atomic mass is 10.0. The van der Waals surface area contributed by atoms with E-state index in [2.05, 4.69) is 36.3 Å². The van der Waals surface area contributed by atoms with Gasteiger partial charge in [-0.1, -0.05) is 56.0 Å². The van der Waals surface area contributed by atoms with E-state index in [1.165, 1.54) is 0 Å². The summed E-state index contributed by atoms with van der Waals surface area (Å²) in [7, 11) is -1.67. The molecule has 3 rings (SSSR count). The monoisotopic (exact) mass is 435 g/mol. The largest absolute Gasteiger partial charge is 0.392 e. The number of rotatable bonds is 8. The maximum Gasteiger partial charge on any atom is 0.251 e. The molecule has 1 unspecified atom stereocenters. The van der Waals surface area contributed by atoms with E-state index >= 15 is 0 Å². The van der Waals surface area contributed by atoms with E-state index in [-0.39, 0.29) is 18.4 Å². The van der Waals surface area contributed by atoms with Crippen LogP contribution in [0.25, 0.3) is 11.1 Å². The highest BCUT2D eigenvalue weighted by molar-refractivity contribution is 6.76. The molecule has 0 saturated heterocycles. The summed E-state index contributed by atoms with van der Waals surface area (Å²) in [6, 6.07) is 16.8. The number of nitrogens with one attached hydrogen (secondary N) is 2. The molecule has 3 N–H and O–H groups in total. The van der Waals surface area contributed by atoms with Gasteiger partial charge in [0.1, 0.15) is 11.6 Å². The lowest BCUT2D eigenvalue weighted by molar-refractivity contribution is -0.123. The fourth-order valence-electron chi connectivity index (χ4n) is 3.42. The molecule has 0 heterocycles. The van der Waals surface area contributed by atoms with Crippen LogP contribution in [0, 0.1) is 11.3 Å². The van der Waals surface area contributed by atoms with Gasteiger partial charge in [0.25, 0.3) is 5.91 Å². The normalized spacial score (nSPS) is 15.5. The molecule has 1 fully saturated rings. The second kappa shape index (κ2) is 9.04. The molecule has 0 aromatic heterocycles. The van der Waals surface area contributed by atoms with Crippen molar-refractivity contribution in [3.05, 3.63) is 59.7 Å². The average Bonchev–Trinajstić information content (AvgIpc) is 3.52. The molecule has 0 bridgehead atoms. The molecule has 31 heavy (non-hydrogen) atoms. The predicted molar refractivity (Wildman–Crippen MR) is 123 cm³/mol. The van der Waals surface area contributed by atoms with Crippen LogP contribution < -0.4 is 10.6 Å². The third-order valence-electron chi connectivity index (χ3n) is 5.36. The number of carbonyl (C=O) groups is 2. The zero-order chi connectivity index (χ0) is 22.6. The molecule has 1 atom stereocenters. The quantitative estimate of drug-likeness (QED) is 0.553. The number of carbonyl (C=O) groups excluding carboxylic acids is 2. The Morgan fingerprint density at radius 1 is 1.13 bits per heavy atom. The van der Waals surface area contributed by atoms with E-state index < -0.39 is 19.7 Å². The van der Waals surface area contributed by atoms with Gasteiger partial charge in [-0.2, -0.15) is 5.26 Å². The zero-order valence-electron chi connectivity index (χ0n) is 18.2. The number of nitriles is 1. The summed E-state index contributed by atoms with van der Waals surface area (Å²) in [5, 5.41) is 24.2. The molecular weight excluding hydrogens is 406 g/mol. The molecule has 0 radical (unpaired) electrons. The summed E-state index contributed by atoms with van der Waals surface area (Å²) in [6.45, 7) is 6.42.